The van der Waals surface area contributed by atoms with Crippen molar-refractivity contribution in [2.45, 2.75) is 0 Å². The van der Waals surface area contributed by atoms with E-state index < -0.39 is 0 Å². The van der Waals surface area contributed by atoms with E-state index in [1.165, 1.54) is 18.2 Å². The Morgan fingerprint density at radius 2 is 1.96 bits per heavy atom. The second kappa shape index (κ2) is 8.27. The highest BCUT2D eigenvalue weighted by atomic mass is 79.9. The maximum atomic E-state index is 13.7. The summed E-state index contributed by atoms with van der Waals surface area (Å²) in [4.78, 5) is 14.4. The van der Waals surface area contributed by atoms with Crippen LogP contribution < -0.4 is 10.2 Å². The number of halogens is 2. The van der Waals surface area contributed by atoms with Crippen LogP contribution in [0.5, 0.6) is 0 Å². The summed E-state index contributed by atoms with van der Waals surface area (Å²) in [6.07, 6.45) is 2.80. The van der Waals surface area contributed by atoms with Crippen LogP contribution in [0.1, 0.15) is 5.56 Å². The van der Waals surface area contributed by atoms with Gasteiger partial charge in [0.2, 0.25) is 5.91 Å². The minimum atomic E-state index is -0.374. The number of morpholine rings is 1. The van der Waals surface area contributed by atoms with Crippen LogP contribution in [0.2, 0.25) is 0 Å². The Morgan fingerprint density at radius 1 is 1.20 bits per heavy atom. The number of benzene rings is 2. The Balaban J connectivity index is 1.73. The van der Waals surface area contributed by atoms with Crippen molar-refractivity contribution in [2.75, 3.05) is 36.5 Å². The SMILES string of the molecule is O=C(C=Cc1cc(Br)ccc1F)Nc1ccccc1N1CCOCC1. The number of anilines is 2. The van der Waals surface area contributed by atoms with Crippen molar-refractivity contribution in [1.29, 1.82) is 0 Å². The van der Waals surface area contributed by atoms with Gasteiger partial charge in [-0.25, -0.2) is 4.39 Å². The summed E-state index contributed by atoms with van der Waals surface area (Å²) in [5.41, 5.74) is 2.04. The zero-order valence-corrected chi connectivity index (χ0v) is 15.1. The van der Waals surface area contributed by atoms with E-state index in [0.717, 1.165) is 28.9 Å². The molecule has 1 aliphatic rings. The molecular weight excluding hydrogens is 387 g/mol. The van der Waals surface area contributed by atoms with E-state index >= 15 is 0 Å². The van der Waals surface area contributed by atoms with Crippen molar-refractivity contribution >= 4 is 39.3 Å². The second-order valence-electron chi connectivity index (χ2n) is 5.60. The molecule has 4 nitrogen and oxygen atoms in total. The average Bonchev–Trinajstić information content (AvgIpc) is 2.64. The van der Waals surface area contributed by atoms with Crippen LogP contribution in [-0.2, 0) is 9.53 Å². The van der Waals surface area contributed by atoms with Crippen molar-refractivity contribution in [3.8, 4) is 0 Å². The third-order valence-electron chi connectivity index (χ3n) is 3.89. The van der Waals surface area contributed by atoms with Gasteiger partial charge in [-0.1, -0.05) is 28.1 Å². The van der Waals surface area contributed by atoms with Crippen molar-refractivity contribution < 1.29 is 13.9 Å². The van der Waals surface area contributed by atoms with E-state index in [2.05, 4.69) is 26.1 Å². The zero-order valence-electron chi connectivity index (χ0n) is 13.5. The first-order valence-electron chi connectivity index (χ1n) is 7.99. The first-order chi connectivity index (χ1) is 12.1. The maximum absolute atomic E-state index is 13.7. The van der Waals surface area contributed by atoms with Crippen LogP contribution in [0, 0.1) is 5.82 Å². The second-order valence-corrected chi connectivity index (χ2v) is 6.52. The highest BCUT2D eigenvalue weighted by Gasteiger charge is 2.15. The topological polar surface area (TPSA) is 41.6 Å². The van der Waals surface area contributed by atoms with E-state index in [1.807, 2.05) is 24.3 Å². The lowest BCUT2D eigenvalue weighted by molar-refractivity contribution is -0.111. The fourth-order valence-corrected chi connectivity index (χ4v) is 3.02. The summed E-state index contributed by atoms with van der Waals surface area (Å²) >= 11 is 3.29. The van der Waals surface area contributed by atoms with Crippen LogP contribution in [0.3, 0.4) is 0 Å². The highest BCUT2D eigenvalue weighted by Crippen LogP contribution is 2.26. The van der Waals surface area contributed by atoms with Crippen LogP contribution in [0.25, 0.3) is 6.08 Å². The monoisotopic (exact) mass is 404 g/mol. The molecule has 0 unspecified atom stereocenters. The Bertz CT molecular complexity index is 789. The van der Waals surface area contributed by atoms with Gasteiger partial charge in [0.1, 0.15) is 5.82 Å². The number of hydrogen-bond donors (Lipinski definition) is 1. The fourth-order valence-electron chi connectivity index (χ4n) is 2.64. The highest BCUT2D eigenvalue weighted by molar-refractivity contribution is 9.10. The summed E-state index contributed by atoms with van der Waals surface area (Å²) in [5, 5.41) is 2.87. The molecule has 0 bridgehead atoms. The van der Waals surface area contributed by atoms with Crippen LogP contribution >= 0.6 is 15.9 Å². The van der Waals surface area contributed by atoms with Gasteiger partial charge in [0.15, 0.2) is 0 Å². The molecule has 0 aliphatic carbocycles. The molecule has 0 aromatic heterocycles. The lowest BCUT2D eigenvalue weighted by Crippen LogP contribution is -2.36. The van der Waals surface area contributed by atoms with E-state index in [4.69, 9.17) is 4.74 Å². The minimum Gasteiger partial charge on any atom is -0.378 e. The van der Waals surface area contributed by atoms with Gasteiger partial charge in [-0.05, 0) is 36.4 Å². The Kier molecular flexibility index (Phi) is 5.83. The van der Waals surface area contributed by atoms with Gasteiger partial charge in [-0.15, -0.1) is 0 Å². The number of para-hydroxylation sites is 2. The largest absolute Gasteiger partial charge is 0.378 e. The molecule has 1 aliphatic heterocycles. The number of amides is 1. The van der Waals surface area contributed by atoms with Crippen molar-refractivity contribution in [1.82, 2.24) is 0 Å². The summed E-state index contributed by atoms with van der Waals surface area (Å²) in [6.45, 7) is 2.91. The number of hydrogen-bond acceptors (Lipinski definition) is 3. The normalized spacial score (nSPS) is 14.7. The van der Waals surface area contributed by atoms with Gasteiger partial charge in [-0.2, -0.15) is 0 Å². The molecular formula is C19H18BrFN2O2. The molecule has 1 N–H and O–H groups in total. The van der Waals surface area contributed by atoms with E-state index in [9.17, 15) is 9.18 Å². The number of carbonyl (C=O) groups excluding carboxylic acids is 1. The Hall–Kier alpha value is -2.18. The number of ether oxygens (including phenoxy) is 1. The third-order valence-corrected chi connectivity index (χ3v) is 4.38. The molecule has 0 saturated carbocycles. The first-order valence-corrected chi connectivity index (χ1v) is 8.78. The molecule has 6 heteroatoms. The van der Waals surface area contributed by atoms with Gasteiger partial charge in [0, 0.05) is 29.2 Å². The number of carbonyl (C=O) groups is 1. The molecule has 1 fully saturated rings. The van der Waals surface area contributed by atoms with E-state index in [1.54, 1.807) is 12.1 Å². The molecule has 2 aromatic rings. The van der Waals surface area contributed by atoms with Crippen LogP contribution in [0.15, 0.2) is 53.0 Å². The van der Waals surface area contributed by atoms with Gasteiger partial charge in [0.25, 0.3) is 0 Å². The molecule has 1 amide bonds. The lowest BCUT2D eigenvalue weighted by atomic mass is 10.2. The molecule has 0 radical (unpaired) electrons. The molecule has 0 atom stereocenters. The van der Waals surface area contributed by atoms with Crippen LogP contribution in [0.4, 0.5) is 15.8 Å². The first kappa shape index (κ1) is 17.6. The van der Waals surface area contributed by atoms with Crippen molar-refractivity contribution in [3.63, 3.8) is 0 Å². The molecule has 3 rings (SSSR count). The molecule has 1 saturated heterocycles. The minimum absolute atomic E-state index is 0.305. The van der Waals surface area contributed by atoms with Crippen molar-refractivity contribution in [3.05, 3.63) is 64.4 Å². The number of nitrogens with one attached hydrogen (secondary N) is 1. The fraction of sp³-hybridized carbons (Fsp3) is 0.211. The Labute approximate surface area is 154 Å². The predicted octanol–water partition coefficient (Wildman–Crippen LogP) is 4.08. The predicted molar refractivity (Wildman–Crippen MR) is 101 cm³/mol. The summed E-state index contributed by atoms with van der Waals surface area (Å²) in [5.74, 6) is -0.680. The van der Waals surface area contributed by atoms with E-state index in [0.29, 0.717) is 18.8 Å². The summed E-state index contributed by atoms with van der Waals surface area (Å²) < 4.78 is 19.9. The van der Waals surface area contributed by atoms with E-state index in [-0.39, 0.29) is 11.7 Å². The Morgan fingerprint density at radius 3 is 2.76 bits per heavy atom. The quantitative estimate of drug-likeness (QED) is 0.780. The molecule has 130 valence electrons. The maximum Gasteiger partial charge on any atom is 0.248 e. The van der Waals surface area contributed by atoms with Crippen LogP contribution in [-0.4, -0.2) is 32.2 Å². The standard InChI is InChI=1S/C19H18BrFN2O2/c20-15-6-7-16(21)14(13-15)5-8-19(24)22-17-3-1-2-4-18(17)23-9-11-25-12-10-23/h1-8,13H,9-12H2,(H,22,24). The molecule has 0 spiro atoms. The van der Waals surface area contributed by atoms with Gasteiger partial charge in [0.05, 0.1) is 24.6 Å². The van der Waals surface area contributed by atoms with Crippen molar-refractivity contribution in [2.24, 2.45) is 0 Å². The van der Waals surface area contributed by atoms with Gasteiger partial charge < -0.3 is 15.0 Å². The number of rotatable bonds is 4. The third kappa shape index (κ3) is 4.67. The molecule has 2 aromatic carbocycles. The summed E-state index contributed by atoms with van der Waals surface area (Å²) in [7, 11) is 0. The van der Waals surface area contributed by atoms with Gasteiger partial charge >= 0.3 is 0 Å². The number of nitrogens with zero attached hydrogens (tertiary/aromatic N) is 1. The molecule has 1 heterocycles. The average molecular weight is 405 g/mol. The smallest absolute Gasteiger partial charge is 0.248 e. The zero-order chi connectivity index (χ0) is 17.6. The van der Waals surface area contributed by atoms with Gasteiger partial charge in [-0.3, -0.25) is 4.79 Å². The summed E-state index contributed by atoms with van der Waals surface area (Å²) in [6, 6.07) is 12.2. The molecule has 25 heavy (non-hydrogen) atoms. The lowest BCUT2D eigenvalue weighted by Gasteiger charge is -2.30.